The Labute approximate surface area is 82.3 Å². The molecule has 0 amide bonds. The second-order valence-electron chi connectivity index (χ2n) is 4.30. The van der Waals surface area contributed by atoms with E-state index in [2.05, 4.69) is 18.7 Å². The zero-order valence-corrected chi connectivity index (χ0v) is 9.47. The standard InChI is InChI=1S/C9H17NO.C2H6/c1-8(2)10-5-9(6-10)3-4-11-7-9;1-2/h8H,3-7H2,1-2H3;1-2H3. The summed E-state index contributed by atoms with van der Waals surface area (Å²) >= 11 is 0. The zero-order valence-electron chi connectivity index (χ0n) is 9.47. The molecule has 78 valence electrons. The van der Waals surface area contributed by atoms with E-state index in [4.69, 9.17) is 4.74 Å². The van der Waals surface area contributed by atoms with E-state index in [0.717, 1.165) is 19.3 Å². The minimum absolute atomic E-state index is 0.574. The lowest BCUT2D eigenvalue weighted by Gasteiger charge is -2.49. The summed E-state index contributed by atoms with van der Waals surface area (Å²) in [4.78, 5) is 2.52. The molecule has 2 fully saturated rings. The Bertz CT molecular complexity index is 142. The van der Waals surface area contributed by atoms with Gasteiger partial charge < -0.3 is 4.74 Å². The highest BCUT2D eigenvalue weighted by molar-refractivity contribution is 4.98. The molecule has 13 heavy (non-hydrogen) atoms. The third-order valence-corrected chi connectivity index (χ3v) is 2.99. The molecular weight excluding hydrogens is 162 g/mol. The summed E-state index contributed by atoms with van der Waals surface area (Å²) in [5.74, 6) is 0. The normalized spacial score (nSPS) is 25.6. The smallest absolute Gasteiger partial charge is 0.0547 e. The van der Waals surface area contributed by atoms with Gasteiger partial charge in [0.15, 0.2) is 0 Å². The Morgan fingerprint density at radius 3 is 2.23 bits per heavy atom. The van der Waals surface area contributed by atoms with Crippen LogP contribution in [0.2, 0.25) is 0 Å². The van der Waals surface area contributed by atoms with Crippen molar-refractivity contribution in [2.24, 2.45) is 5.41 Å². The van der Waals surface area contributed by atoms with E-state index < -0.39 is 0 Å². The maximum atomic E-state index is 5.40. The van der Waals surface area contributed by atoms with Crippen LogP contribution < -0.4 is 0 Å². The Hall–Kier alpha value is -0.0800. The first-order valence-electron chi connectivity index (χ1n) is 5.54. The van der Waals surface area contributed by atoms with Gasteiger partial charge in [0.25, 0.3) is 0 Å². The van der Waals surface area contributed by atoms with Crippen molar-refractivity contribution in [3.05, 3.63) is 0 Å². The van der Waals surface area contributed by atoms with Crippen LogP contribution in [0.5, 0.6) is 0 Å². The van der Waals surface area contributed by atoms with E-state index in [1.807, 2.05) is 13.8 Å². The Balaban J connectivity index is 0.000000396. The van der Waals surface area contributed by atoms with E-state index >= 15 is 0 Å². The van der Waals surface area contributed by atoms with Crippen LogP contribution in [0.1, 0.15) is 34.1 Å². The molecule has 2 saturated heterocycles. The van der Waals surface area contributed by atoms with Crippen molar-refractivity contribution in [3.63, 3.8) is 0 Å². The maximum absolute atomic E-state index is 5.40. The van der Waals surface area contributed by atoms with Crippen LogP contribution in [0.3, 0.4) is 0 Å². The average Bonchev–Trinajstić information content (AvgIpc) is 2.53. The Morgan fingerprint density at radius 2 is 1.85 bits per heavy atom. The third kappa shape index (κ3) is 2.23. The van der Waals surface area contributed by atoms with Crippen LogP contribution in [-0.4, -0.2) is 37.2 Å². The quantitative estimate of drug-likeness (QED) is 0.620. The summed E-state index contributed by atoms with van der Waals surface area (Å²) in [6, 6.07) is 0.723. The van der Waals surface area contributed by atoms with Crippen molar-refractivity contribution < 1.29 is 4.74 Å². The van der Waals surface area contributed by atoms with Crippen molar-refractivity contribution >= 4 is 0 Å². The van der Waals surface area contributed by atoms with Crippen LogP contribution in [-0.2, 0) is 4.74 Å². The zero-order chi connectivity index (χ0) is 9.90. The predicted octanol–water partition coefficient (Wildman–Crippen LogP) is 2.14. The van der Waals surface area contributed by atoms with Gasteiger partial charge in [-0.2, -0.15) is 0 Å². The van der Waals surface area contributed by atoms with Crippen LogP contribution in [0.15, 0.2) is 0 Å². The summed E-state index contributed by atoms with van der Waals surface area (Å²) in [7, 11) is 0. The molecule has 2 aliphatic rings. The van der Waals surface area contributed by atoms with Gasteiger partial charge in [0.1, 0.15) is 0 Å². The fourth-order valence-corrected chi connectivity index (χ4v) is 2.08. The van der Waals surface area contributed by atoms with E-state index in [9.17, 15) is 0 Å². The second-order valence-corrected chi connectivity index (χ2v) is 4.30. The van der Waals surface area contributed by atoms with E-state index in [-0.39, 0.29) is 0 Å². The molecule has 0 aliphatic carbocycles. The number of ether oxygens (including phenoxy) is 1. The topological polar surface area (TPSA) is 12.5 Å². The molecular formula is C11H23NO. The van der Waals surface area contributed by atoms with Crippen molar-refractivity contribution in [2.45, 2.75) is 40.2 Å². The molecule has 0 aromatic heterocycles. The van der Waals surface area contributed by atoms with Crippen molar-refractivity contribution in [2.75, 3.05) is 26.3 Å². The van der Waals surface area contributed by atoms with E-state index in [1.54, 1.807) is 0 Å². The highest BCUT2D eigenvalue weighted by atomic mass is 16.5. The summed E-state index contributed by atoms with van der Waals surface area (Å²) in [6.07, 6.45) is 1.29. The number of nitrogens with zero attached hydrogens (tertiary/aromatic N) is 1. The van der Waals surface area contributed by atoms with Gasteiger partial charge in [-0.25, -0.2) is 0 Å². The first-order chi connectivity index (χ1) is 6.22. The Kier molecular flexibility index (Phi) is 3.74. The maximum Gasteiger partial charge on any atom is 0.0547 e. The van der Waals surface area contributed by atoms with Gasteiger partial charge in [0.05, 0.1) is 6.61 Å². The summed E-state index contributed by atoms with van der Waals surface area (Å²) < 4.78 is 5.40. The first kappa shape index (κ1) is 11.0. The minimum Gasteiger partial charge on any atom is -0.381 e. The molecule has 0 radical (unpaired) electrons. The van der Waals surface area contributed by atoms with Crippen LogP contribution in [0.4, 0.5) is 0 Å². The fraction of sp³-hybridized carbons (Fsp3) is 1.00. The van der Waals surface area contributed by atoms with Gasteiger partial charge in [-0.15, -0.1) is 0 Å². The lowest BCUT2D eigenvalue weighted by atomic mass is 9.78. The van der Waals surface area contributed by atoms with Crippen LogP contribution in [0, 0.1) is 5.41 Å². The Morgan fingerprint density at radius 1 is 1.23 bits per heavy atom. The molecule has 2 nitrogen and oxygen atoms in total. The lowest BCUT2D eigenvalue weighted by Crippen LogP contribution is -2.58. The number of hydrogen-bond donors (Lipinski definition) is 0. The molecule has 0 N–H and O–H groups in total. The number of hydrogen-bond acceptors (Lipinski definition) is 2. The molecule has 0 aromatic carbocycles. The highest BCUT2D eigenvalue weighted by Gasteiger charge is 2.46. The molecule has 2 heteroatoms. The van der Waals surface area contributed by atoms with Gasteiger partial charge in [0.2, 0.25) is 0 Å². The van der Waals surface area contributed by atoms with Crippen molar-refractivity contribution in [3.8, 4) is 0 Å². The van der Waals surface area contributed by atoms with Gasteiger partial charge >= 0.3 is 0 Å². The first-order valence-corrected chi connectivity index (χ1v) is 5.54. The predicted molar refractivity (Wildman–Crippen MR) is 55.9 cm³/mol. The minimum atomic E-state index is 0.574. The van der Waals surface area contributed by atoms with Gasteiger partial charge in [0, 0.05) is 31.2 Å². The summed E-state index contributed by atoms with van der Waals surface area (Å²) in [5.41, 5.74) is 0.574. The van der Waals surface area contributed by atoms with Gasteiger partial charge in [-0.3, -0.25) is 4.90 Å². The van der Waals surface area contributed by atoms with Crippen LogP contribution in [0.25, 0.3) is 0 Å². The van der Waals surface area contributed by atoms with Crippen molar-refractivity contribution in [1.82, 2.24) is 4.90 Å². The third-order valence-electron chi connectivity index (χ3n) is 2.99. The van der Waals surface area contributed by atoms with Gasteiger partial charge in [-0.05, 0) is 20.3 Å². The fourth-order valence-electron chi connectivity index (χ4n) is 2.08. The van der Waals surface area contributed by atoms with E-state index in [1.165, 1.54) is 19.5 Å². The number of rotatable bonds is 1. The second kappa shape index (κ2) is 4.43. The molecule has 0 aromatic rings. The summed E-state index contributed by atoms with van der Waals surface area (Å²) in [5, 5.41) is 0. The van der Waals surface area contributed by atoms with Crippen LogP contribution >= 0.6 is 0 Å². The SMILES string of the molecule is CC.CC(C)N1CC2(CCOC2)C1. The highest BCUT2D eigenvalue weighted by Crippen LogP contribution is 2.38. The molecule has 2 aliphatic heterocycles. The average molecular weight is 185 g/mol. The van der Waals surface area contributed by atoms with E-state index in [0.29, 0.717) is 5.41 Å². The molecule has 0 bridgehead atoms. The number of likely N-dealkylation sites (tertiary alicyclic amines) is 1. The molecule has 2 heterocycles. The molecule has 0 unspecified atom stereocenters. The van der Waals surface area contributed by atoms with Crippen molar-refractivity contribution in [1.29, 1.82) is 0 Å². The molecule has 0 atom stereocenters. The molecule has 1 spiro atoms. The largest absolute Gasteiger partial charge is 0.381 e. The summed E-state index contributed by atoms with van der Waals surface area (Å²) in [6.45, 7) is 13.1. The molecule has 2 rings (SSSR count). The lowest BCUT2D eigenvalue weighted by molar-refractivity contribution is -0.0265. The molecule has 0 saturated carbocycles. The monoisotopic (exact) mass is 185 g/mol. The van der Waals surface area contributed by atoms with Gasteiger partial charge in [-0.1, -0.05) is 13.8 Å².